The second kappa shape index (κ2) is 7.80. The summed E-state index contributed by atoms with van der Waals surface area (Å²) < 4.78 is 24.6. The van der Waals surface area contributed by atoms with E-state index in [1.165, 1.54) is 6.07 Å². The number of aryl methyl sites for hydroxylation is 1. The van der Waals surface area contributed by atoms with E-state index in [2.05, 4.69) is 5.32 Å². The molecule has 0 spiro atoms. The molecule has 0 atom stereocenters. The molecule has 25 heavy (non-hydrogen) atoms. The number of carbonyl (C=O) groups excluding carboxylic acids is 1. The van der Waals surface area contributed by atoms with Crippen molar-refractivity contribution in [3.8, 4) is 11.3 Å². The molecule has 2 heterocycles. The lowest BCUT2D eigenvalue weighted by Crippen LogP contribution is -2.46. The van der Waals surface area contributed by atoms with Gasteiger partial charge in [-0.1, -0.05) is 12.1 Å². The van der Waals surface area contributed by atoms with Crippen LogP contribution in [-0.2, 0) is 16.0 Å². The largest absolute Gasteiger partial charge is 0.461 e. The molecular weight excluding hydrogens is 325 g/mol. The molecular formula is C19H22FNO4. The minimum absolute atomic E-state index is 0.149. The molecule has 0 unspecified atom stereocenters. The molecule has 0 aliphatic carbocycles. The Kier molecular flexibility index (Phi) is 5.50. The van der Waals surface area contributed by atoms with Crippen molar-refractivity contribution < 1.29 is 23.4 Å². The second-order valence-electron chi connectivity index (χ2n) is 6.36. The lowest BCUT2D eigenvalue weighted by molar-refractivity contribution is -0.123. The Morgan fingerprint density at radius 2 is 1.96 bits per heavy atom. The normalized spacial score (nSPS) is 16.6. The lowest BCUT2D eigenvalue weighted by Gasteiger charge is -2.32. The van der Waals surface area contributed by atoms with Crippen LogP contribution in [0.2, 0.25) is 0 Å². The molecule has 1 saturated heterocycles. The Morgan fingerprint density at radius 1 is 1.20 bits per heavy atom. The van der Waals surface area contributed by atoms with Gasteiger partial charge < -0.3 is 19.6 Å². The lowest BCUT2D eigenvalue weighted by atomic mass is 9.94. The first-order valence-corrected chi connectivity index (χ1v) is 8.46. The van der Waals surface area contributed by atoms with Gasteiger partial charge in [-0.2, -0.15) is 0 Å². The van der Waals surface area contributed by atoms with Gasteiger partial charge in [-0.3, -0.25) is 4.79 Å². The zero-order valence-electron chi connectivity index (χ0n) is 14.0. The van der Waals surface area contributed by atoms with Gasteiger partial charge in [-0.25, -0.2) is 4.39 Å². The van der Waals surface area contributed by atoms with Crippen molar-refractivity contribution in [3.63, 3.8) is 0 Å². The molecule has 1 aliphatic rings. The summed E-state index contributed by atoms with van der Waals surface area (Å²) in [6.45, 7) is 1.25. The monoisotopic (exact) mass is 347 g/mol. The summed E-state index contributed by atoms with van der Waals surface area (Å²) >= 11 is 0. The van der Waals surface area contributed by atoms with Gasteiger partial charge in [0, 0.05) is 45.4 Å². The average molecular weight is 347 g/mol. The van der Waals surface area contributed by atoms with Gasteiger partial charge in [0.15, 0.2) is 0 Å². The van der Waals surface area contributed by atoms with Crippen molar-refractivity contribution >= 4 is 5.91 Å². The zero-order valence-corrected chi connectivity index (χ0v) is 14.0. The smallest absolute Gasteiger partial charge is 0.220 e. The van der Waals surface area contributed by atoms with Crippen LogP contribution in [0.15, 0.2) is 40.8 Å². The fourth-order valence-electron chi connectivity index (χ4n) is 2.83. The maximum atomic E-state index is 13.8. The molecule has 0 radical (unpaired) electrons. The van der Waals surface area contributed by atoms with Crippen LogP contribution in [0, 0.1) is 5.82 Å². The second-order valence-corrected chi connectivity index (χ2v) is 6.36. The van der Waals surface area contributed by atoms with Crippen molar-refractivity contribution in [2.75, 3.05) is 19.8 Å². The van der Waals surface area contributed by atoms with Gasteiger partial charge in [-0.05, 0) is 24.3 Å². The van der Waals surface area contributed by atoms with Crippen molar-refractivity contribution in [2.24, 2.45) is 0 Å². The number of carbonyl (C=O) groups is 1. The molecule has 1 aromatic heterocycles. The highest BCUT2D eigenvalue weighted by Crippen LogP contribution is 2.25. The summed E-state index contributed by atoms with van der Waals surface area (Å²) in [5.41, 5.74) is -0.476. The van der Waals surface area contributed by atoms with Crippen molar-refractivity contribution in [1.29, 1.82) is 0 Å². The summed E-state index contributed by atoms with van der Waals surface area (Å²) in [7, 11) is 0. The van der Waals surface area contributed by atoms with Crippen molar-refractivity contribution in [2.45, 2.75) is 31.3 Å². The number of hydrogen-bond acceptors (Lipinski definition) is 4. The Hall–Kier alpha value is -2.18. The number of amides is 1. The van der Waals surface area contributed by atoms with E-state index in [4.69, 9.17) is 9.15 Å². The highest BCUT2D eigenvalue weighted by atomic mass is 19.1. The van der Waals surface area contributed by atoms with Crippen molar-refractivity contribution in [3.05, 3.63) is 48.0 Å². The molecule has 1 fully saturated rings. The number of benzene rings is 1. The van der Waals surface area contributed by atoms with E-state index in [1.54, 1.807) is 30.3 Å². The van der Waals surface area contributed by atoms with Gasteiger partial charge in [0.2, 0.25) is 5.91 Å². The van der Waals surface area contributed by atoms with E-state index in [0.29, 0.717) is 49.6 Å². The highest BCUT2D eigenvalue weighted by Gasteiger charge is 2.30. The van der Waals surface area contributed by atoms with Crippen molar-refractivity contribution in [1.82, 2.24) is 5.32 Å². The molecule has 2 N–H and O–H groups in total. The van der Waals surface area contributed by atoms with Gasteiger partial charge in [0.1, 0.15) is 17.3 Å². The van der Waals surface area contributed by atoms with E-state index < -0.39 is 5.60 Å². The van der Waals surface area contributed by atoms with Crippen LogP contribution >= 0.6 is 0 Å². The Bertz CT molecular complexity index is 722. The van der Waals surface area contributed by atoms with Crippen LogP contribution in [-0.4, -0.2) is 36.4 Å². The summed E-state index contributed by atoms with van der Waals surface area (Å²) in [4.78, 5) is 12.0. The third-order valence-electron chi connectivity index (χ3n) is 4.44. The van der Waals surface area contributed by atoms with E-state index >= 15 is 0 Å². The van der Waals surface area contributed by atoms with Gasteiger partial charge in [-0.15, -0.1) is 0 Å². The summed E-state index contributed by atoms with van der Waals surface area (Å²) in [5, 5.41) is 13.1. The van der Waals surface area contributed by atoms with Crippen LogP contribution in [0.3, 0.4) is 0 Å². The Balaban J connectivity index is 1.49. The first-order chi connectivity index (χ1) is 12.1. The molecule has 1 amide bonds. The molecule has 134 valence electrons. The molecule has 2 aromatic rings. The van der Waals surface area contributed by atoms with E-state index in [0.717, 1.165) is 0 Å². The average Bonchev–Trinajstić information content (AvgIpc) is 3.08. The number of rotatable bonds is 6. The Morgan fingerprint density at radius 3 is 2.72 bits per heavy atom. The minimum atomic E-state index is -0.878. The number of hydrogen-bond donors (Lipinski definition) is 2. The summed E-state index contributed by atoms with van der Waals surface area (Å²) in [6, 6.07) is 9.86. The predicted molar refractivity (Wildman–Crippen MR) is 90.4 cm³/mol. The fourth-order valence-corrected chi connectivity index (χ4v) is 2.83. The van der Waals surface area contributed by atoms with E-state index in [9.17, 15) is 14.3 Å². The Labute approximate surface area is 145 Å². The first-order valence-electron chi connectivity index (χ1n) is 8.46. The van der Waals surface area contributed by atoms with Crippen LogP contribution in [0.25, 0.3) is 11.3 Å². The number of halogens is 1. The standard InChI is InChI=1S/C19H22FNO4/c20-16-4-2-1-3-15(16)17-7-5-14(25-17)6-8-18(22)21-13-19(23)9-11-24-12-10-19/h1-5,7,23H,6,8-13H2,(H,21,22). The van der Waals surface area contributed by atoms with E-state index in [-0.39, 0.29) is 24.7 Å². The predicted octanol–water partition coefficient (Wildman–Crippen LogP) is 2.68. The van der Waals surface area contributed by atoms with Crippen LogP contribution in [0.1, 0.15) is 25.0 Å². The van der Waals surface area contributed by atoms with Gasteiger partial charge >= 0.3 is 0 Å². The molecule has 3 rings (SSSR count). The summed E-state index contributed by atoms with van der Waals surface area (Å²) in [5.74, 6) is 0.581. The molecule has 1 aliphatic heterocycles. The molecule has 5 nitrogen and oxygen atoms in total. The quantitative estimate of drug-likeness (QED) is 0.843. The van der Waals surface area contributed by atoms with Gasteiger partial charge in [0.05, 0.1) is 11.2 Å². The van der Waals surface area contributed by atoms with Crippen LogP contribution < -0.4 is 5.32 Å². The SMILES string of the molecule is O=C(CCc1ccc(-c2ccccc2F)o1)NCC1(O)CCOCC1. The maximum Gasteiger partial charge on any atom is 0.220 e. The third kappa shape index (κ3) is 4.67. The molecule has 6 heteroatoms. The zero-order chi connectivity index (χ0) is 17.7. The number of ether oxygens (including phenoxy) is 1. The highest BCUT2D eigenvalue weighted by molar-refractivity contribution is 5.76. The first kappa shape index (κ1) is 17.6. The molecule has 1 aromatic carbocycles. The number of aliphatic hydroxyl groups is 1. The number of nitrogens with one attached hydrogen (secondary N) is 1. The maximum absolute atomic E-state index is 13.8. The van der Waals surface area contributed by atoms with Gasteiger partial charge in [0.25, 0.3) is 0 Å². The molecule has 0 saturated carbocycles. The van der Waals surface area contributed by atoms with E-state index in [1.807, 2.05) is 0 Å². The topological polar surface area (TPSA) is 71.7 Å². The summed E-state index contributed by atoms with van der Waals surface area (Å²) in [6.07, 6.45) is 1.72. The van der Waals surface area contributed by atoms with Crippen LogP contribution in [0.5, 0.6) is 0 Å². The number of furan rings is 1. The minimum Gasteiger partial charge on any atom is -0.461 e. The van der Waals surface area contributed by atoms with Crippen LogP contribution in [0.4, 0.5) is 4.39 Å². The third-order valence-corrected chi connectivity index (χ3v) is 4.44. The fraction of sp³-hybridized carbons (Fsp3) is 0.421. The molecule has 0 bridgehead atoms.